The molecule has 3 N–H and O–H groups in total. The summed E-state index contributed by atoms with van der Waals surface area (Å²) in [6.45, 7) is 9.70. The maximum absolute atomic E-state index is 8.89. The molecule has 0 aliphatic carbocycles. The van der Waals surface area contributed by atoms with E-state index >= 15 is 0 Å². The van der Waals surface area contributed by atoms with Gasteiger partial charge < -0.3 is 10.9 Å². The first-order valence-electron chi connectivity index (χ1n) is 7.71. The van der Waals surface area contributed by atoms with Crippen molar-refractivity contribution in [1.29, 1.82) is 0 Å². The summed E-state index contributed by atoms with van der Waals surface area (Å²) in [5.41, 5.74) is 7.70. The summed E-state index contributed by atoms with van der Waals surface area (Å²) in [6.07, 6.45) is 1.22. The predicted octanol–water partition coefficient (Wildman–Crippen LogP) is 1.70. The second-order valence-corrected chi connectivity index (χ2v) is 5.54. The summed E-state index contributed by atoms with van der Waals surface area (Å²) in [5, 5.41) is 12.0. The number of likely N-dealkylation sites (tertiary alicyclic amines) is 1. The highest BCUT2D eigenvalue weighted by Crippen LogP contribution is 2.19. The molecule has 1 fully saturated rings. The van der Waals surface area contributed by atoms with Crippen molar-refractivity contribution in [3.63, 3.8) is 0 Å². The number of benzene rings is 1. The first-order chi connectivity index (χ1) is 10.2. The molecule has 0 saturated carbocycles. The molecule has 5 nitrogen and oxygen atoms in total. The van der Waals surface area contributed by atoms with Crippen LogP contribution in [0.25, 0.3) is 0 Å². The molecule has 1 atom stereocenters. The zero-order valence-corrected chi connectivity index (χ0v) is 13.0. The molecule has 1 aromatic rings. The van der Waals surface area contributed by atoms with Gasteiger partial charge in [-0.3, -0.25) is 9.80 Å². The van der Waals surface area contributed by atoms with Crippen molar-refractivity contribution in [1.82, 2.24) is 9.80 Å². The minimum Gasteiger partial charge on any atom is -0.409 e. The number of rotatable bonds is 6. The third kappa shape index (κ3) is 3.74. The van der Waals surface area contributed by atoms with Crippen molar-refractivity contribution in [3.05, 3.63) is 35.4 Å². The third-order valence-corrected chi connectivity index (χ3v) is 4.37. The molecule has 1 saturated heterocycles. The van der Waals surface area contributed by atoms with Gasteiger partial charge in [0.05, 0.1) is 0 Å². The van der Waals surface area contributed by atoms with Crippen molar-refractivity contribution in [2.45, 2.75) is 32.9 Å². The zero-order chi connectivity index (χ0) is 15.2. The van der Waals surface area contributed by atoms with Crippen LogP contribution in [0.4, 0.5) is 0 Å². The maximum Gasteiger partial charge on any atom is 0.170 e. The lowest BCUT2D eigenvalue weighted by molar-refractivity contribution is 0.209. The molecule has 1 aromatic carbocycles. The molecule has 2 rings (SSSR count). The van der Waals surface area contributed by atoms with Gasteiger partial charge in [-0.05, 0) is 25.1 Å². The first kappa shape index (κ1) is 15.8. The fourth-order valence-corrected chi connectivity index (χ4v) is 3.20. The van der Waals surface area contributed by atoms with E-state index < -0.39 is 0 Å². The Hall–Kier alpha value is -1.59. The molecule has 0 aromatic heterocycles. The van der Waals surface area contributed by atoms with Gasteiger partial charge in [-0.2, -0.15) is 0 Å². The van der Waals surface area contributed by atoms with E-state index in [-0.39, 0.29) is 5.84 Å². The molecular weight excluding hydrogens is 264 g/mol. The van der Waals surface area contributed by atoms with Crippen molar-refractivity contribution in [3.8, 4) is 0 Å². The molecule has 0 bridgehead atoms. The molecule has 1 unspecified atom stereocenters. The number of likely N-dealkylation sites (N-methyl/N-ethyl adjacent to an activating group) is 1. The molecule has 21 heavy (non-hydrogen) atoms. The molecule has 0 spiro atoms. The first-order valence-corrected chi connectivity index (χ1v) is 7.71. The summed E-state index contributed by atoms with van der Waals surface area (Å²) in [4.78, 5) is 4.97. The predicted molar refractivity (Wildman–Crippen MR) is 85.6 cm³/mol. The van der Waals surface area contributed by atoms with Crippen LogP contribution in [0.15, 0.2) is 29.4 Å². The number of amidine groups is 1. The van der Waals surface area contributed by atoms with E-state index in [9.17, 15) is 0 Å². The summed E-state index contributed by atoms with van der Waals surface area (Å²) in [5.74, 6) is 0.185. The average Bonchev–Trinajstić information content (AvgIpc) is 2.97. The number of oxime groups is 1. The van der Waals surface area contributed by atoms with Gasteiger partial charge in [0.15, 0.2) is 5.84 Å². The maximum atomic E-state index is 8.89. The van der Waals surface area contributed by atoms with Crippen LogP contribution in [0.2, 0.25) is 0 Å². The molecule has 116 valence electrons. The standard InChI is InChI=1S/C16H26N4O/c1-3-20(4-2)14-9-10-19(12-14)11-13-7-5-6-8-15(13)16(17)18-21/h5-8,14,21H,3-4,9-12H2,1-2H3,(H2,17,18). The van der Waals surface area contributed by atoms with E-state index in [2.05, 4.69) is 34.9 Å². The molecule has 5 heteroatoms. The third-order valence-electron chi connectivity index (χ3n) is 4.37. The lowest BCUT2D eigenvalue weighted by atomic mass is 10.1. The summed E-state index contributed by atoms with van der Waals surface area (Å²) < 4.78 is 0. The highest BCUT2D eigenvalue weighted by Gasteiger charge is 2.26. The summed E-state index contributed by atoms with van der Waals surface area (Å²) in [7, 11) is 0. The molecule has 1 aliphatic rings. The van der Waals surface area contributed by atoms with E-state index in [4.69, 9.17) is 10.9 Å². The van der Waals surface area contributed by atoms with Gasteiger partial charge in [-0.25, -0.2) is 0 Å². The van der Waals surface area contributed by atoms with E-state index in [1.807, 2.05) is 18.2 Å². The lowest BCUT2D eigenvalue weighted by Crippen LogP contribution is -2.37. The lowest BCUT2D eigenvalue weighted by Gasteiger charge is -2.26. The molecular formula is C16H26N4O. The Balaban J connectivity index is 2.04. The number of hydrogen-bond donors (Lipinski definition) is 2. The zero-order valence-electron chi connectivity index (χ0n) is 13.0. The van der Waals surface area contributed by atoms with Gasteiger partial charge in [0.25, 0.3) is 0 Å². The average molecular weight is 290 g/mol. The quantitative estimate of drug-likeness (QED) is 0.362. The van der Waals surface area contributed by atoms with Crippen LogP contribution < -0.4 is 5.73 Å². The smallest absolute Gasteiger partial charge is 0.170 e. The monoisotopic (exact) mass is 290 g/mol. The second-order valence-electron chi connectivity index (χ2n) is 5.54. The van der Waals surface area contributed by atoms with Crippen LogP contribution >= 0.6 is 0 Å². The van der Waals surface area contributed by atoms with Crippen molar-refractivity contribution in [2.75, 3.05) is 26.2 Å². The highest BCUT2D eigenvalue weighted by atomic mass is 16.4. The SMILES string of the molecule is CCN(CC)C1CCN(Cc2ccccc2C(N)=NO)C1. The van der Waals surface area contributed by atoms with Gasteiger partial charge in [0.2, 0.25) is 0 Å². The summed E-state index contributed by atoms with van der Waals surface area (Å²) in [6, 6.07) is 8.53. The number of hydrogen-bond acceptors (Lipinski definition) is 4. The fraction of sp³-hybridized carbons (Fsp3) is 0.562. The van der Waals surface area contributed by atoms with Gasteiger partial charge in [0.1, 0.15) is 0 Å². The Labute approximate surface area is 127 Å². The summed E-state index contributed by atoms with van der Waals surface area (Å²) >= 11 is 0. The Morgan fingerprint density at radius 2 is 2.10 bits per heavy atom. The van der Waals surface area contributed by atoms with E-state index in [0.29, 0.717) is 6.04 Å². The fourth-order valence-electron chi connectivity index (χ4n) is 3.20. The van der Waals surface area contributed by atoms with Gasteiger partial charge in [-0.15, -0.1) is 0 Å². The van der Waals surface area contributed by atoms with Gasteiger partial charge in [0, 0.05) is 31.2 Å². The second kappa shape index (κ2) is 7.43. The van der Waals surface area contributed by atoms with E-state index in [1.54, 1.807) is 0 Å². The topological polar surface area (TPSA) is 65.1 Å². The van der Waals surface area contributed by atoms with Crippen molar-refractivity contribution >= 4 is 5.84 Å². The van der Waals surface area contributed by atoms with Crippen LogP contribution in [-0.2, 0) is 6.54 Å². The Bertz CT molecular complexity index is 485. The Morgan fingerprint density at radius 3 is 2.76 bits per heavy atom. The number of nitrogens with two attached hydrogens (primary N) is 1. The molecule has 0 radical (unpaired) electrons. The highest BCUT2D eigenvalue weighted by molar-refractivity contribution is 5.98. The van der Waals surface area contributed by atoms with Crippen LogP contribution in [0.5, 0.6) is 0 Å². The largest absolute Gasteiger partial charge is 0.409 e. The minimum absolute atomic E-state index is 0.185. The van der Waals surface area contributed by atoms with Gasteiger partial charge in [-0.1, -0.05) is 43.3 Å². The molecule has 1 aliphatic heterocycles. The molecule has 0 amide bonds. The Kier molecular flexibility index (Phi) is 5.59. The van der Waals surface area contributed by atoms with Crippen molar-refractivity contribution < 1.29 is 5.21 Å². The van der Waals surface area contributed by atoms with E-state index in [0.717, 1.165) is 43.9 Å². The van der Waals surface area contributed by atoms with Crippen LogP contribution in [0, 0.1) is 0 Å². The normalized spacial score (nSPS) is 20.3. The number of nitrogens with zero attached hydrogens (tertiary/aromatic N) is 3. The van der Waals surface area contributed by atoms with Crippen LogP contribution in [0.3, 0.4) is 0 Å². The Morgan fingerprint density at radius 1 is 1.38 bits per heavy atom. The van der Waals surface area contributed by atoms with Crippen LogP contribution in [-0.4, -0.2) is 53.1 Å². The van der Waals surface area contributed by atoms with E-state index in [1.165, 1.54) is 6.42 Å². The minimum atomic E-state index is 0.185. The van der Waals surface area contributed by atoms with Crippen LogP contribution in [0.1, 0.15) is 31.4 Å². The molecule has 1 heterocycles. The van der Waals surface area contributed by atoms with Gasteiger partial charge >= 0.3 is 0 Å². The van der Waals surface area contributed by atoms with Crippen molar-refractivity contribution in [2.24, 2.45) is 10.9 Å².